The Morgan fingerprint density at radius 2 is 2.17 bits per heavy atom. The number of aromatic nitrogens is 1. The summed E-state index contributed by atoms with van der Waals surface area (Å²) in [6.45, 7) is -0.299. The van der Waals surface area contributed by atoms with Crippen molar-refractivity contribution in [2.75, 3.05) is 7.11 Å². The van der Waals surface area contributed by atoms with Crippen molar-refractivity contribution in [3.8, 4) is 5.75 Å². The molecule has 0 aliphatic heterocycles. The van der Waals surface area contributed by atoms with Crippen molar-refractivity contribution in [1.29, 1.82) is 0 Å². The van der Waals surface area contributed by atoms with Crippen molar-refractivity contribution in [3.05, 3.63) is 21.0 Å². The summed E-state index contributed by atoms with van der Waals surface area (Å²) in [5.74, 6) is -1.26. The highest BCUT2D eigenvalue weighted by Crippen LogP contribution is 2.30. The van der Waals surface area contributed by atoms with E-state index in [0.717, 1.165) is 13.2 Å². The van der Waals surface area contributed by atoms with E-state index in [-0.39, 0.29) is 21.5 Å². The lowest BCUT2D eigenvalue weighted by atomic mass is 10.2. The molecule has 0 aliphatic carbocycles. The largest absolute Gasteiger partial charge is 0.573 e. The number of hydrogen-bond donors (Lipinski definition) is 1. The summed E-state index contributed by atoms with van der Waals surface area (Å²) in [5, 5.41) is 0. The van der Waals surface area contributed by atoms with Gasteiger partial charge < -0.3 is 15.2 Å². The molecule has 0 fully saturated rings. The maximum Gasteiger partial charge on any atom is 0.573 e. The van der Waals surface area contributed by atoms with Gasteiger partial charge >= 0.3 is 12.3 Å². The Labute approximate surface area is 114 Å². The first-order valence-electron chi connectivity index (χ1n) is 4.52. The highest BCUT2D eigenvalue weighted by atomic mass is 127. The van der Waals surface area contributed by atoms with Crippen LogP contribution in [0.2, 0.25) is 0 Å². The van der Waals surface area contributed by atoms with Gasteiger partial charge in [0.1, 0.15) is 5.69 Å². The van der Waals surface area contributed by atoms with Crippen molar-refractivity contribution < 1.29 is 27.4 Å². The SMILES string of the molecule is COC(=O)c1cc(I)c(OC(F)(F)F)c(CN)n1. The minimum absolute atomic E-state index is 0.0702. The minimum atomic E-state index is -4.85. The predicted octanol–water partition coefficient (Wildman–Crippen LogP) is 1.83. The molecule has 0 atom stereocenters. The maximum absolute atomic E-state index is 12.2. The van der Waals surface area contributed by atoms with Crippen LogP contribution in [0.15, 0.2) is 6.07 Å². The van der Waals surface area contributed by atoms with E-state index in [4.69, 9.17) is 5.73 Å². The zero-order valence-corrected chi connectivity index (χ0v) is 11.2. The fourth-order valence-corrected chi connectivity index (χ4v) is 1.84. The number of hydrogen-bond acceptors (Lipinski definition) is 5. The third-order valence-corrected chi connectivity index (χ3v) is 2.60. The molecular formula is C9H8F3IN2O3. The van der Waals surface area contributed by atoms with Gasteiger partial charge in [0.25, 0.3) is 0 Å². The highest BCUT2D eigenvalue weighted by molar-refractivity contribution is 14.1. The molecule has 0 bridgehead atoms. The molecule has 0 aromatic carbocycles. The molecule has 0 aliphatic rings. The van der Waals surface area contributed by atoms with Crippen molar-refractivity contribution in [2.45, 2.75) is 12.9 Å². The van der Waals surface area contributed by atoms with Gasteiger partial charge in [-0.3, -0.25) is 0 Å². The minimum Gasteiger partial charge on any atom is -0.464 e. The number of nitrogens with two attached hydrogens (primary N) is 1. The summed E-state index contributed by atoms with van der Waals surface area (Å²) in [4.78, 5) is 14.9. The van der Waals surface area contributed by atoms with Gasteiger partial charge in [-0.05, 0) is 28.7 Å². The molecule has 100 valence electrons. The smallest absolute Gasteiger partial charge is 0.464 e. The average Bonchev–Trinajstić information content (AvgIpc) is 2.28. The van der Waals surface area contributed by atoms with E-state index in [0.29, 0.717) is 0 Å². The zero-order valence-electron chi connectivity index (χ0n) is 9.05. The van der Waals surface area contributed by atoms with Crippen LogP contribution in [0.5, 0.6) is 5.75 Å². The Bertz CT molecular complexity index is 465. The molecule has 0 radical (unpaired) electrons. The Kier molecular flexibility index (Phi) is 4.73. The molecule has 18 heavy (non-hydrogen) atoms. The van der Waals surface area contributed by atoms with E-state index in [1.54, 1.807) is 22.6 Å². The number of carbonyl (C=O) groups is 1. The molecule has 0 unspecified atom stereocenters. The van der Waals surface area contributed by atoms with Gasteiger partial charge in [0.15, 0.2) is 5.75 Å². The predicted molar refractivity (Wildman–Crippen MR) is 62.9 cm³/mol. The van der Waals surface area contributed by atoms with E-state index in [2.05, 4.69) is 14.5 Å². The molecule has 1 aromatic rings. The van der Waals surface area contributed by atoms with Gasteiger partial charge in [-0.1, -0.05) is 0 Å². The molecule has 5 nitrogen and oxygen atoms in total. The normalized spacial score (nSPS) is 11.2. The van der Waals surface area contributed by atoms with Gasteiger partial charge in [0, 0.05) is 6.54 Å². The topological polar surface area (TPSA) is 74.4 Å². The summed E-state index contributed by atoms with van der Waals surface area (Å²) in [7, 11) is 1.14. The van der Waals surface area contributed by atoms with Crippen LogP contribution in [0.1, 0.15) is 16.2 Å². The van der Waals surface area contributed by atoms with Crippen molar-refractivity contribution >= 4 is 28.6 Å². The number of pyridine rings is 1. The molecule has 1 heterocycles. The number of esters is 1. The van der Waals surface area contributed by atoms with Crippen molar-refractivity contribution in [2.24, 2.45) is 5.73 Å². The second-order valence-corrected chi connectivity index (χ2v) is 4.17. The molecular weight excluding hydrogens is 368 g/mol. The van der Waals surface area contributed by atoms with Crippen LogP contribution in [0.25, 0.3) is 0 Å². The first-order valence-corrected chi connectivity index (χ1v) is 5.60. The summed E-state index contributed by atoms with van der Waals surface area (Å²) in [5.41, 5.74) is 4.99. The first kappa shape index (κ1) is 15.0. The third kappa shape index (κ3) is 3.70. The monoisotopic (exact) mass is 376 g/mol. The molecule has 0 saturated carbocycles. The van der Waals surface area contributed by atoms with Gasteiger partial charge in [0.05, 0.1) is 16.4 Å². The van der Waals surface area contributed by atoms with E-state index < -0.39 is 18.1 Å². The van der Waals surface area contributed by atoms with Gasteiger partial charge in [0.2, 0.25) is 0 Å². The summed E-state index contributed by atoms with van der Waals surface area (Å²) >= 11 is 1.60. The summed E-state index contributed by atoms with van der Waals surface area (Å²) < 4.78 is 44.8. The Hall–Kier alpha value is -1.10. The van der Waals surface area contributed by atoms with Crippen LogP contribution >= 0.6 is 22.6 Å². The lowest BCUT2D eigenvalue weighted by Crippen LogP contribution is -2.21. The lowest BCUT2D eigenvalue weighted by molar-refractivity contribution is -0.275. The Morgan fingerprint density at radius 1 is 1.56 bits per heavy atom. The molecule has 0 spiro atoms. The van der Waals surface area contributed by atoms with Crippen molar-refractivity contribution in [1.82, 2.24) is 4.98 Å². The Morgan fingerprint density at radius 3 is 2.61 bits per heavy atom. The number of methoxy groups -OCH3 is 1. The van der Waals surface area contributed by atoms with Crippen LogP contribution in [0, 0.1) is 3.57 Å². The highest BCUT2D eigenvalue weighted by Gasteiger charge is 2.33. The van der Waals surface area contributed by atoms with Crippen LogP contribution in [-0.2, 0) is 11.3 Å². The number of carbonyl (C=O) groups excluding carboxylic acids is 1. The zero-order chi connectivity index (χ0) is 13.9. The number of ether oxygens (including phenoxy) is 2. The van der Waals surface area contributed by atoms with E-state index in [1.165, 1.54) is 0 Å². The first-order chi connectivity index (χ1) is 8.28. The quantitative estimate of drug-likeness (QED) is 0.644. The fraction of sp³-hybridized carbons (Fsp3) is 0.333. The second kappa shape index (κ2) is 5.69. The molecule has 0 saturated heterocycles. The molecule has 0 amide bonds. The molecule has 2 N–H and O–H groups in total. The maximum atomic E-state index is 12.2. The van der Waals surface area contributed by atoms with E-state index in [1.807, 2.05) is 0 Å². The van der Waals surface area contributed by atoms with E-state index >= 15 is 0 Å². The van der Waals surface area contributed by atoms with Crippen LogP contribution in [0.3, 0.4) is 0 Å². The number of halogens is 4. The lowest BCUT2D eigenvalue weighted by Gasteiger charge is -2.14. The average molecular weight is 376 g/mol. The van der Waals surface area contributed by atoms with E-state index in [9.17, 15) is 18.0 Å². The molecule has 1 aromatic heterocycles. The third-order valence-electron chi connectivity index (χ3n) is 1.80. The van der Waals surface area contributed by atoms with Gasteiger partial charge in [-0.15, -0.1) is 13.2 Å². The molecule has 1 rings (SSSR count). The molecule has 9 heteroatoms. The standard InChI is InChI=1S/C9H8F3IN2O3/c1-17-8(16)5-2-4(13)7(6(3-14)15-5)18-9(10,11)12/h2H,3,14H2,1H3. The summed E-state index contributed by atoms with van der Waals surface area (Å²) in [6.07, 6.45) is -4.85. The summed E-state index contributed by atoms with van der Waals surface area (Å²) in [6, 6.07) is 1.13. The van der Waals surface area contributed by atoms with Crippen LogP contribution < -0.4 is 10.5 Å². The van der Waals surface area contributed by atoms with Crippen molar-refractivity contribution in [3.63, 3.8) is 0 Å². The number of nitrogens with zero attached hydrogens (tertiary/aromatic N) is 1. The Balaban J connectivity index is 3.24. The van der Waals surface area contributed by atoms with Crippen LogP contribution in [0.4, 0.5) is 13.2 Å². The number of alkyl halides is 3. The van der Waals surface area contributed by atoms with Crippen LogP contribution in [-0.4, -0.2) is 24.4 Å². The second-order valence-electron chi connectivity index (χ2n) is 3.01. The number of rotatable bonds is 3. The fourth-order valence-electron chi connectivity index (χ4n) is 1.12. The van der Waals surface area contributed by atoms with Gasteiger partial charge in [-0.2, -0.15) is 0 Å². The van der Waals surface area contributed by atoms with Gasteiger partial charge in [-0.25, -0.2) is 9.78 Å².